The number of aliphatic hydroxyl groups excluding tert-OH is 1. The van der Waals surface area contributed by atoms with E-state index in [0.717, 1.165) is 39.1 Å². The maximum Gasteiger partial charge on any atom is 0.0507 e. The Labute approximate surface area is 74.1 Å². The van der Waals surface area contributed by atoms with E-state index in [0.29, 0.717) is 0 Å². The standard InChI is InChI=1S/C8H19N3O/c1-9-5-6-11-8-10-4-2-3-7-12/h10-12H,1-8H2. The zero-order valence-electron chi connectivity index (χ0n) is 7.55. The summed E-state index contributed by atoms with van der Waals surface area (Å²) in [5.41, 5.74) is 0. The molecular weight excluding hydrogens is 154 g/mol. The summed E-state index contributed by atoms with van der Waals surface area (Å²) in [5, 5.41) is 14.8. The fraction of sp³-hybridized carbons (Fsp3) is 0.875. The van der Waals surface area contributed by atoms with Gasteiger partial charge in [0.2, 0.25) is 0 Å². The van der Waals surface area contributed by atoms with Gasteiger partial charge in [0, 0.05) is 19.8 Å². The van der Waals surface area contributed by atoms with Gasteiger partial charge in [0.15, 0.2) is 0 Å². The van der Waals surface area contributed by atoms with Gasteiger partial charge in [-0.25, -0.2) is 0 Å². The molecule has 0 radical (unpaired) electrons. The van der Waals surface area contributed by atoms with Crippen LogP contribution < -0.4 is 10.6 Å². The van der Waals surface area contributed by atoms with Crippen LogP contribution in [0.15, 0.2) is 4.99 Å². The van der Waals surface area contributed by atoms with Crippen LogP contribution in [0.5, 0.6) is 0 Å². The Morgan fingerprint density at radius 2 is 1.92 bits per heavy atom. The van der Waals surface area contributed by atoms with Crippen molar-refractivity contribution in [3.05, 3.63) is 0 Å². The number of aliphatic imine (C=N–C) groups is 1. The van der Waals surface area contributed by atoms with Crippen molar-refractivity contribution in [1.29, 1.82) is 0 Å². The van der Waals surface area contributed by atoms with Gasteiger partial charge in [0.05, 0.1) is 6.54 Å². The SMILES string of the molecule is C=NCCNCNCCCCO. The molecule has 0 saturated heterocycles. The molecule has 0 unspecified atom stereocenters. The number of rotatable bonds is 9. The lowest BCUT2D eigenvalue weighted by atomic mass is 10.3. The van der Waals surface area contributed by atoms with Crippen molar-refractivity contribution in [1.82, 2.24) is 10.6 Å². The second-order valence-electron chi connectivity index (χ2n) is 2.55. The van der Waals surface area contributed by atoms with Crippen molar-refractivity contribution >= 4 is 6.72 Å². The first kappa shape index (κ1) is 11.6. The van der Waals surface area contributed by atoms with Gasteiger partial charge in [-0.05, 0) is 26.1 Å². The van der Waals surface area contributed by atoms with Gasteiger partial charge in [-0.15, -0.1) is 0 Å². The number of unbranched alkanes of at least 4 members (excludes halogenated alkanes) is 1. The van der Waals surface area contributed by atoms with Gasteiger partial charge in [0.1, 0.15) is 0 Å². The van der Waals surface area contributed by atoms with Crippen LogP contribution in [0.1, 0.15) is 12.8 Å². The molecule has 12 heavy (non-hydrogen) atoms. The van der Waals surface area contributed by atoms with Crippen LogP contribution in [-0.4, -0.2) is 44.7 Å². The highest BCUT2D eigenvalue weighted by molar-refractivity contribution is 5.23. The minimum Gasteiger partial charge on any atom is -0.396 e. The Bertz CT molecular complexity index is 98.3. The second-order valence-corrected chi connectivity index (χ2v) is 2.55. The third-order valence-corrected chi connectivity index (χ3v) is 1.46. The van der Waals surface area contributed by atoms with Crippen molar-refractivity contribution in [2.45, 2.75) is 12.8 Å². The Kier molecular flexibility index (Phi) is 10.2. The predicted octanol–water partition coefficient (Wildman–Crippen LogP) is -0.404. The quantitative estimate of drug-likeness (QED) is 0.252. The summed E-state index contributed by atoms with van der Waals surface area (Å²) in [6, 6.07) is 0. The molecule has 0 bridgehead atoms. The summed E-state index contributed by atoms with van der Waals surface area (Å²) in [6.07, 6.45) is 1.90. The van der Waals surface area contributed by atoms with E-state index < -0.39 is 0 Å². The van der Waals surface area contributed by atoms with Gasteiger partial charge in [-0.2, -0.15) is 0 Å². The van der Waals surface area contributed by atoms with Crippen LogP contribution in [0.2, 0.25) is 0 Å². The second kappa shape index (κ2) is 10.6. The molecule has 0 atom stereocenters. The van der Waals surface area contributed by atoms with E-state index in [9.17, 15) is 0 Å². The lowest BCUT2D eigenvalue weighted by Crippen LogP contribution is -2.31. The van der Waals surface area contributed by atoms with Crippen LogP contribution in [0.3, 0.4) is 0 Å². The fourth-order valence-corrected chi connectivity index (χ4v) is 0.785. The largest absolute Gasteiger partial charge is 0.396 e. The Morgan fingerprint density at radius 1 is 1.17 bits per heavy atom. The summed E-state index contributed by atoms with van der Waals surface area (Å²) < 4.78 is 0. The molecule has 0 aliphatic carbocycles. The van der Waals surface area contributed by atoms with Crippen LogP contribution in [0.25, 0.3) is 0 Å². The van der Waals surface area contributed by atoms with Crippen molar-refractivity contribution < 1.29 is 5.11 Å². The van der Waals surface area contributed by atoms with E-state index in [1.165, 1.54) is 0 Å². The summed E-state index contributed by atoms with van der Waals surface area (Å²) in [6.45, 7) is 7.06. The van der Waals surface area contributed by atoms with Gasteiger partial charge in [0.25, 0.3) is 0 Å². The molecular formula is C8H19N3O. The smallest absolute Gasteiger partial charge is 0.0507 e. The molecule has 4 nitrogen and oxygen atoms in total. The third kappa shape index (κ3) is 9.55. The molecule has 3 N–H and O–H groups in total. The third-order valence-electron chi connectivity index (χ3n) is 1.46. The minimum absolute atomic E-state index is 0.287. The highest BCUT2D eigenvalue weighted by Crippen LogP contribution is 1.81. The molecule has 0 aliphatic rings. The maximum atomic E-state index is 8.48. The van der Waals surface area contributed by atoms with E-state index in [1.54, 1.807) is 0 Å². The van der Waals surface area contributed by atoms with Gasteiger partial charge in [-0.1, -0.05) is 0 Å². The summed E-state index contributed by atoms with van der Waals surface area (Å²) in [4.78, 5) is 3.71. The Morgan fingerprint density at radius 3 is 2.58 bits per heavy atom. The molecule has 0 fully saturated rings. The molecule has 0 aliphatic heterocycles. The first-order chi connectivity index (χ1) is 5.91. The van der Waals surface area contributed by atoms with E-state index in [-0.39, 0.29) is 6.61 Å². The lowest BCUT2D eigenvalue weighted by Gasteiger charge is -2.04. The molecule has 0 aromatic carbocycles. The van der Waals surface area contributed by atoms with Crippen molar-refractivity contribution in [3.8, 4) is 0 Å². The molecule has 4 heteroatoms. The highest BCUT2D eigenvalue weighted by atomic mass is 16.2. The van der Waals surface area contributed by atoms with Crippen molar-refractivity contribution in [2.75, 3.05) is 32.9 Å². The van der Waals surface area contributed by atoms with Gasteiger partial charge in [-0.3, -0.25) is 4.99 Å². The van der Waals surface area contributed by atoms with E-state index >= 15 is 0 Å². The predicted molar refractivity (Wildman–Crippen MR) is 51.6 cm³/mol. The van der Waals surface area contributed by atoms with Gasteiger partial charge < -0.3 is 15.7 Å². The molecule has 0 amide bonds. The average molecular weight is 173 g/mol. The normalized spacial score (nSPS) is 10.1. The molecule has 0 aromatic rings. The number of hydrogen-bond acceptors (Lipinski definition) is 4. The lowest BCUT2D eigenvalue weighted by molar-refractivity contribution is 0.283. The zero-order valence-corrected chi connectivity index (χ0v) is 7.55. The van der Waals surface area contributed by atoms with E-state index in [1.807, 2.05) is 0 Å². The van der Waals surface area contributed by atoms with Crippen LogP contribution in [0, 0.1) is 0 Å². The summed E-state index contributed by atoms with van der Waals surface area (Å²) >= 11 is 0. The minimum atomic E-state index is 0.287. The highest BCUT2D eigenvalue weighted by Gasteiger charge is 1.86. The fourth-order valence-electron chi connectivity index (χ4n) is 0.785. The maximum absolute atomic E-state index is 8.48. The Hall–Kier alpha value is -0.450. The zero-order chi connectivity index (χ0) is 9.07. The van der Waals surface area contributed by atoms with Crippen LogP contribution in [0.4, 0.5) is 0 Å². The van der Waals surface area contributed by atoms with Crippen LogP contribution >= 0.6 is 0 Å². The number of nitrogens with zero attached hydrogens (tertiary/aromatic N) is 1. The molecule has 0 heterocycles. The number of hydrogen-bond donors (Lipinski definition) is 3. The van der Waals surface area contributed by atoms with Crippen molar-refractivity contribution in [3.63, 3.8) is 0 Å². The molecule has 0 aromatic heterocycles. The first-order valence-electron chi connectivity index (χ1n) is 4.36. The van der Waals surface area contributed by atoms with E-state index in [4.69, 9.17) is 5.11 Å². The molecule has 0 spiro atoms. The average Bonchev–Trinajstić information content (AvgIpc) is 2.10. The monoisotopic (exact) mass is 173 g/mol. The number of aliphatic hydroxyl groups is 1. The molecule has 0 saturated carbocycles. The first-order valence-corrected chi connectivity index (χ1v) is 4.36. The Balaban J connectivity index is 2.77. The topological polar surface area (TPSA) is 56.7 Å². The molecule has 72 valence electrons. The van der Waals surface area contributed by atoms with Gasteiger partial charge >= 0.3 is 0 Å². The summed E-state index contributed by atoms with van der Waals surface area (Å²) in [5.74, 6) is 0. The number of nitrogens with one attached hydrogen (secondary N) is 2. The molecule has 0 rings (SSSR count). The van der Waals surface area contributed by atoms with Crippen molar-refractivity contribution in [2.24, 2.45) is 4.99 Å². The van der Waals surface area contributed by atoms with E-state index in [2.05, 4.69) is 22.3 Å². The summed E-state index contributed by atoms with van der Waals surface area (Å²) in [7, 11) is 0. The van der Waals surface area contributed by atoms with Crippen LogP contribution in [-0.2, 0) is 0 Å².